The predicted octanol–water partition coefficient (Wildman–Crippen LogP) is 1.65. The molecule has 1 aromatic carbocycles. The van der Waals surface area contributed by atoms with Gasteiger partial charge in [0.05, 0.1) is 5.75 Å². The molecule has 23 heavy (non-hydrogen) atoms. The van der Waals surface area contributed by atoms with Gasteiger partial charge in [-0.1, -0.05) is 11.6 Å². The molecule has 1 rings (SSSR count). The average molecular weight is 370 g/mol. The van der Waals surface area contributed by atoms with Crippen LogP contribution in [0, 0.1) is 0 Å². The van der Waals surface area contributed by atoms with Crippen molar-refractivity contribution in [3.05, 3.63) is 28.8 Å². The summed E-state index contributed by atoms with van der Waals surface area (Å²) < 4.78 is 51.3. The Kier molecular flexibility index (Phi) is 7.50. The van der Waals surface area contributed by atoms with E-state index in [0.29, 0.717) is 16.5 Å². The molecule has 0 aliphatic heterocycles. The van der Waals surface area contributed by atoms with Crippen molar-refractivity contribution in [3.8, 4) is 5.75 Å². The Balaban J connectivity index is 2.66. The van der Waals surface area contributed by atoms with Crippen molar-refractivity contribution in [2.45, 2.75) is 13.2 Å². The molecule has 0 radical (unpaired) electrons. The molecular weight excluding hydrogens is 352 g/mol. The SMILES string of the molecule is CN=C(NCCS(C)(=O)=O)NCc1cc(Cl)ccc1OC(F)F. The molecule has 0 heterocycles. The van der Waals surface area contributed by atoms with E-state index in [4.69, 9.17) is 11.6 Å². The van der Waals surface area contributed by atoms with Crippen molar-refractivity contribution >= 4 is 27.4 Å². The zero-order chi connectivity index (χ0) is 17.5. The van der Waals surface area contributed by atoms with Gasteiger partial charge in [-0.2, -0.15) is 8.78 Å². The number of aliphatic imine (C=N–C) groups is 1. The summed E-state index contributed by atoms with van der Waals surface area (Å²) in [6, 6.07) is 4.29. The molecule has 0 saturated heterocycles. The minimum absolute atomic E-state index is 0.00323. The first-order chi connectivity index (χ1) is 10.7. The Labute approximate surface area is 138 Å². The van der Waals surface area contributed by atoms with Crippen molar-refractivity contribution < 1.29 is 21.9 Å². The predicted molar refractivity (Wildman–Crippen MR) is 86.0 cm³/mol. The molecular formula is C13H18ClF2N3O3S. The zero-order valence-electron chi connectivity index (χ0n) is 12.6. The number of nitrogens with zero attached hydrogens (tertiary/aromatic N) is 1. The third kappa shape index (κ3) is 7.98. The van der Waals surface area contributed by atoms with E-state index in [2.05, 4.69) is 20.4 Å². The van der Waals surface area contributed by atoms with Crippen molar-refractivity contribution in [3.63, 3.8) is 0 Å². The first-order valence-corrected chi connectivity index (χ1v) is 9.00. The number of benzene rings is 1. The highest BCUT2D eigenvalue weighted by Gasteiger charge is 2.11. The van der Waals surface area contributed by atoms with Crippen LogP contribution in [0.4, 0.5) is 8.78 Å². The number of hydrogen-bond donors (Lipinski definition) is 2. The van der Waals surface area contributed by atoms with Crippen LogP contribution >= 0.6 is 11.6 Å². The van der Waals surface area contributed by atoms with Crippen LogP contribution < -0.4 is 15.4 Å². The van der Waals surface area contributed by atoms with Gasteiger partial charge in [0.15, 0.2) is 5.96 Å². The van der Waals surface area contributed by atoms with Crippen LogP contribution in [0.2, 0.25) is 5.02 Å². The summed E-state index contributed by atoms with van der Waals surface area (Å²) in [5.41, 5.74) is 0.420. The monoisotopic (exact) mass is 369 g/mol. The van der Waals surface area contributed by atoms with Crippen LogP contribution in [-0.4, -0.2) is 46.6 Å². The van der Waals surface area contributed by atoms with Crippen molar-refractivity contribution in [2.24, 2.45) is 4.99 Å². The highest BCUT2D eigenvalue weighted by Crippen LogP contribution is 2.24. The Bertz CT molecular complexity index is 654. The van der Waals surface area contributed by atoms with Crippen molar-refractivity contribution in [1.82, 2.24) is 10.6 Å². The number of rotatable bonds is 7. The smallest absolute Gasteiger partial charge is 0.387 e. The Morgan fingerprint density at radius 3 is 2.65 bits per heavy atom. The second-order valence-electron chi connectivity index (χ2n) is 4.61. The van der Waals surface area contributed by atoms with Crippen LogP contribution in [0.5, 0.6) is 5.75 Å². The number of alkyl halides is 2. The summed E-state index contributed by atoms with van der Waals surface area (Å²) in [6.07, 6.45) is 1.13. The maximum Gasteiger partial charge on any atom is 0.387 e. The fraction of sp³-hybridized carbons (Fsp3) is 0.462. The molecule has 0 fully saturated rings. The van der Waals surface area contributed by atoms with Gasteiger partial charge in [-0.25, -0.2) is 8.42 Å². The Morgan fingerprint density at radius 2 is 2.09 bits per heavy atom. The molecule has 0 unspecified atom stereocenters. The Morgan fingerprint density at radius 1 is 1.39 bits per heavy atom. The van der Waals surface area contributed by atoms with E-state index in [0.717, 1.165) is 6.26 Å². The number of hydrogen-bond acceptors (Lipinski definition) is 4. The quantitative estimate of drug-likeness (QED) is 0.564. The third-order valence-corrected chi connectivity index (χ3v) is 3.85. The summed E-state index contributed by atoms with van der Waals surface area (Å²) >= 11 is 5.85. The van der Waals surface area contributed by atoms with E-state index in [-0.39, 0.29) is 24.6 Å². The summed E-state index contributed by atoms with van der Waals surface area (Å²) in [4.78, 5) is 3.91. The van der Waals surface area contributed by atoms with Crippen molar-refractivity contribution in [2.75, 3.05) is 25.6 Å². The van der Waals surface area contributed by atoms with Gasteiger partial charge in [0.2, 0.25) is 0 Å². The fourth-order valence-corrected chi connectivity index (χ4v) is 2.32. The van der Waals surface area contributed by atoms with E-state index in [1.54, 1.807) is 0 Å². The van der Waals surface area contributed by atoms with E-state index < -0.39 is 16.4 Å². The Hall–Kier alpha value is -1.61. The number of halogens is 3. The molecule has 10 heteroatoms. The molecule has 0 atom stereocenters. The first kappa shape index (κ1) is 19.4. The molecule has 6 nitrogen and oxygen atoms in total. The van der Waals surface area contributed by atoms with E-state index in [1.165, 1.54) is 25.2 Å². The highest BCUT2D eigenvalue weighted by molar-refractivity contribution is 7.90. The lowest BCUT2D eigenvalue weighted by atomic mass is 10.2. The van der Waals surface area contributed by atoms with Crippen LogP contribution in [-0.2, 0) is 16.4 Å². The fourth-order valence-electron chi connectivity index (χ4n) is 1.65. The molecule has 130 valence electrons. The molecule has 2 N–H and O–H groups in total. The van der Waals surface area contributed by atoms with Crippen LogP contribution in [0.3, 0.4) is 0 Å². The number of sulfone groups is 1. The van der Waals surface area contributed by atoms with Gasteiger partial charge < -0.3 is 15.4 Å². The largest absolute Gasteiger partial charge is 0.434 e. The highest BCUT2D eigenvalue weighted by atomic mass is 35.5. The third-order valence-electron chi connectivity index (χ3n) is 2.67. The topological polar surface area (TPSA) is 79.8 Å². The zero-order valence-corrected chi connectivity index (χ0v) is 14.2. The maximum absolute atomic E-state index is 12.4. The average Bonchev–Trinajstić information content (AvgIpc) is 2.43. The van der Waals surface area contributed by atoms with E-state index >= 15 is 0 Å². The minimum Gasteiger partial charge on any atom is -0.434 e. The van der Waals surface area contributed by atoms with Crippen LogP contribution in [0.25, 0.3) is 0 Å². The van der Waals surface area contributed by atoms with Crippen LogP contribution in [0.15, 0.2) is 23.2 Å². The van der Waals surface area contributed by atoms with Gasteiger partial charge in [-0.15, -0.1) is 0 Å². The lowest BCUT2D eigenvalue weighted by Gasteiger charge is -2.14. The maximum atomic E-state index is 12.4. The molecule has 0 bridgehead atoms. The summed E-state index contributed by atoms with van der Waals surface area (Å²) in [5, 5.41) is 6.06. The lowest BCUT2D eigenvalue weighted by molar-refractivity contribution is -0.0504. The van der Waals surface area contributed by atoms with Gasteiger partial charge >= 0.3 is 6.61 Å². The van der Waals surface area contributed by atoms with Crippen molar-refractivity contribution in [1.29, 1.82) is 0 Å². The number of nitrogens with one attached hydrogen (secondary N) is 2. The summed E-state index contributed by atoms with van der Waals surface area (Å²) in [5.74, 6) is 0.282. The summed E-state index contributed by atoms with van der Waals surface area (Å²) in [7, 11) is -1.58. The molecule has 0 saturated carbocycles. The summed E-state index contributed by atoms with van der Waals surface area (Å²) in [6.45, 7) is -2.64. The van der Waals surface area contributed by atoms with E-state index in [1.807, 2.05) is 0 Å². The minimum atomic E-state index is -3.09. The first-order valence-electron chi connectivity index (χ1n) is 6.57. The lowest BCUT2D eigenvalue weighted by Crippen LogP contribution is -2.39. The number of ether oxygens (including phenoxy) is 1. The van der Waals surface area contributed by atoms with Gasteiger partial charge in [0.25, 0.3) is 0 Å². The molecule has 0 aliphatic carbocycles. The number of guanidine groups is 1. The normalized spacial score (nSPS) is 12.3. The van der Waals surface area contributed by atoms with Gasteiger partial charge in [0.1, 0.15) is 15.6 Å². The molecule has 0 aromatic heterocycles. The van der Waals surface area contributed by atoms with E-state index in [9.17, 15) is 17.2 Å². The second kappa shape index (κ2) is 8.88. The standard InChI is InChI=1S/C13H18ClF2N3O3S/c1-17-13(18-5-6-23(2,20)21)19-8-9-7-10(14)3-4-11(9)22-12(15)16/h3-4,7,12H,5-6,8H2,1-2H3,(H2,17,18,19). The molecule has 0 aliphatic rings. The molecule has 1 aromatic rings. The van der Waals surface area contributed by atoms with Gasteiger partial charge in [-0.05, 0) is 18.2 Å². The molecule has 0 amide bonds. The van der Waals surface area contributed by atoms with Gasteiger partial charge in [0, 0.05) is 37.0 Å². The van der Waals surface area contributed by atoms with Gasteiger partial charge in [-0.3, -0.25) is 4.99 Å². The molecule has 0 spiro atoms. The van der Waals surface area contributed by atoms with Crippen LogP contribution in [0.1, 0.15) is 5.56 Å². The second-order valence-corrected chi connectivity index (χ2v) is 7.31.